The Morgan fingerprint density at radius 1 is 0.619 bits per heavy atom. The fraction of sp³-hybridized carbons (Fsp3) is 0.810. The summed E-state index contributed by atoms with van der Waals surface area (Å²) in [4.78, 5) is 0. The molecule has 0 saturated carbocycles. The lowest BCUT2D eigenvalue weighted by molar-refractivity contribution is 0.439. The molecule has 0 aromatic heterocycles. The second kappa shape index (κ2) is 17.8. The van der Waals surface area contributed by atoms with E-state index in [-0.39, 0.29) is 0 Å². The van der Waals surface area contributed by atoms with E-state index < -0.39 is 0 Å². The van der Waals surface area contributed by atoms with Gasteiger partial charge in [0.05, 0.1) is 0 Å². The Bertz CT molecular complexity index is 204. The summed E-state index contributed by atoms with van der Waals surface area (Å²) in [6.45, 7) is 10.2. The van der Waals surface area contributed by atoms with Crippen molar-refractivity contribution < 1.29 is 0 Å². The minimum atomic E-state index is 0.930. The third-order valence-electron chi connectivity index (χ3n) is 4.30. The summed E-state index contributed by atoms with van der Waals surface area (Å²) in [5, 5.41) is 0. The number of hydrogen-bond acceptors (Lipinski definition) is 0. The van der Waals surface area contributed by atoms with Gasteiger partial charge in [0.2, 0.25) is 0 Å². The second-order valence-corrected chi connectivity index (χ2v) is 6.62. The molecule has 1 atom stereocenters. The Hall–Kier alpha value is -0.260. The van der Waals surface area contributed by atoms with Gasteiger partial charge in [-0.3, -0.25) is 0 Å². The predicted molar refractivity (Wildman–Crippen MR) is 98.3 cm³/mol. The molecule has 0 spiro atoms. The molecule has 2 radical (unpaired) electrons. The molecule has 0 rings (SSSR count). The molecule has 21 heavy (non-hydrogen) atoms. The molecular formula is C21H40. The van der Waals surface area contributed by atoms with E-state index in [9.17, 15) is 0 Å². The van der Waals surface area contributed by atoms with Gasteiger partial charge in [-0.1, -0.05) is 104 Å². The lowest BCUT2D eigenvalue weighted by Gasteiger charge is -2.10. The topological polar surface area (TPSA) is 0 Å². The molecule has 0 aliphatic carbocycles. The first-order chi connectivity index (χ1) is 10.3. The van der Waals surface area contributed by atoms with Crippen LogP contribution in [0, 0.1) is 19.8 Å². The van der Waals surface area contributed by atoms with Crippen LogP contribution in [0.5, 0.6) is 0 Å². The number of allylic oxidation sites excluding steroid dienone is 2. The molecular weight excluding hydrogens is 252 g/mol. The Morgan fingerprint density at radius 3 is 1.67 bits per heavy atom. The van der Waals surface area contributed by atoms with Crippen LogP contribution in [0.2, 0.25) is 0 Å². The number of hydrogen-bond donors (Lipinski definition) is 0. The second-order valence-electron chi connectivity index (χ2n) is 6.62. The monoisotopic (exact) mass is 292 g/mol. The molecule has 0 heteroatoms. The van der Waals surface area contributed by atoms with Gasteiger partial charge in [-0.2, -0.15) is 0 Å². The van der Waals surface area contributed by atoms with Crippen molar-refractivity contribution in [2.75, 3.05) is 0 Å². The summed E-state index contributed by atoms with van der Waals surface area (Å²) >= 11 is 0. The summed E-state index contributed by atoms with van der Waals surface area (Å²) in [7, 11) is 0. The smallest absolute Gasteiger partial charge is 0.0351 e. The molecule has 0 nitrogen and oxygen atoms in total. The van der Waals surface area contributed by atoms with Gasteiger partial charge in [-0.25, -0.2) is 0 Å². The average Bonchev–Trinajstić information content (AvgIpc) is 2.49. The third-order valence-corrected chi connectivity index (χ3v) is 4.30. The van der Waals surface area contributed by atoms with E-state index in [4.69, 9.17) is 0 Å². The first-order valence-corrected chi connectivity index (χ1v) is 9.54. The highest BCUT2D eigenvalue weighted by Gasteiger charge is 2.01. The number of rotatable bonds is 16. The molecule has 0 aromatic carbocycles. The maximum atomic E-state index is 3.90. The van der Waals surface area contributed by atoms with Crippen molar-refractivity contribution >= 4 is 0 Å². The van der Waals surface area contributed by atoms with Crippen LogP contribution in [-0.4, -0.2) is 0 Å². The molecule has 0 N–H and O–H groups in total. The molecule has 1 unspecified atom stereocenters. The van der Waals surface area contributed by atoms with Gasteiger partial charge in [-0.15, -0.1) is 0 Å². The van der Waals surface area contributed by atoms with Crippen LogP contribution in [0.15, 0.2) is 12.2 Å². The van der Waals surface area contributed by atoms with Crippen LogP contribution in [0.4, 0.5) is 0 Å². The van der Waals surface area contributed by atoms with Crippen molar-refractivity contribution in [2.45, 2.75) is 103 Å². The first-order valence-electron chi connectivity index (χ1n) is 9.54. The zero-order valence-corrected chi connectivity index (χ0v) is 14.8. The van der Waals surface area contributed by atoms with E-state index >= 15 is 0 Å². The van der Waals surface area contributed by atoms with Crippen molar-refractivity contribution in [1.82, 2.24) is 0 Å². The van der Waals surface area contributed by atoms with Crippen LogP contribution in [0.25, 0.3) is 0 Å². The minimum Gasteiger partial charge on any atom is -0.0885 e. The fourth-order valence-electron chi connectivity index (χ4n) is 2.77. The third kappa shape index (κ3) is 17.7. The number of unbranched alkanes of at least 4 members (excludes halogenated alkanes) is 10. The maximum absolute atomic E-state index is 3.90. The van der Waals surface area contributed by atoms with Gasteiger partial charge in [0.15, 0.2) is 0 Å². The van der Waals surface area contributed by atoms with Crippen LogP contribution in [0.1, 0.15) is 103 Å². The van der Waals surface area contributed by atoms with Crippen LogP contribution < -0.4 is 0 Å². The van der Waals surface area contributed by atoms with Gasteiger partial charge in [0.1, 0.15) is 0 Å². The summed E-state index contributed by atoms with van der Waals surface area (Å²) in [5.74, 6) is 0.930. The zero-order valence-electron chi connectivity index (χ0n) is 14.8. The van der Waals surface area contributed by atoms with E-state index in [0.29, 0.717) is 0 Å². The van der Waals surface area contributed by atoms with Gasteiger partial charge < -0.3 is 0 Å². The van der Waals surface area contributed by atoms with Crippen LogP contribution in [-0.2, 0) is 0 Å². The quantitative estimate of drug-likeness (QED) is 0.202. The summed E-state index contributed by atoms with van der Waals surface area (Å²) in [6.07, 6.45) is 24.7. The maximum Gasteiger partial charge on any atom is -0.0351 e. The summed E-state index contributed by atoms with van der Waals surface area (Å²) < 4.78 is 0. The Labute approximate surface area is 135 Å². The van der Waals surface area contributed by atoms with E-state index in [2.05, 4.69) is 32.9 Å². The van der Waals surface area contributed by atoms with Crippen LogP contribution in [0.3, 0.4) is 0 Å². The first kappa shape index (κ1) is 20.7. The highest BCUT2D eigenvalue weighted by Crippen LogP contribution is 2.17. The van der Waals surface area contributed by atoms with Crippen molar-refractivity contribution in [3.05, 3.63) is 26.0 Å². The summed E-state index contributed by atoms with van der Waals surface area (Å²) in [5.41, 5.74) is 0. The van der Waals surface area contributed by atoms with Crippen molar-refractivity contribution in [3.63, 3.8) is 0 Å². The fourth-order valence-corrected chi connectivity index (χ4v) is 2.77. The molecule has 0 fully saturated rings. The molecule has 0 aliphatic rings. The van der Waals surface area contributed by atoms with Gasteiger partial charge in [0, 0.05) is 0 Å². The van der Waals surface area contributed by atoms with Crippen molar-refractivity contribution in [3.8, 4) is 0 Å². The molecule has 0 bridgehead atoms. The normalized spacial score (nSPS) is 13.1. The van der Waals surface area contributed by atoms with E-state index in [0.717, 1.165) is 18.8 Å². The van der Waals surface area contributed by atoms with E-state index in [1.165, 1.54) is 83.5 Å². The SMILES string of the molecule is [CH2]CCCCC=CCCCCC(C)CCCCCCC[CH2]. The van der Waals surface area contributed by atoms with Crippen LogP contribution >= 0.6 is 0 Å². The minimum absolute atomic E-state index is 0.930. The molecule has 0 heterocycles. The van der Waals surface area contributed by atoms with Gasteiger partial charge in [0.25, 0.3) is 0 Å². The zero-order chi connectivity index (χ0) is 15.6. The largest absolute Gasteiger partial charge is 0.0885 e. The predicted octanol–water partition coefficient (Wildman–Crippen LogP) is 7.70. The molecule has 124 valence electrons. The Morgan fingerprint density at radius 2 is 1.05 bits per heavy atom. The highest BCUT2D eigenvalue weighted by molar-refractivity contribution is 4.81. The van der Waals surface area contributed by atoms with Crippen molar-refractivity contribution in [2.24, 2.45) is 5.92 Å². The molecule has 0 aromatic rings. The lowest BCUT2D eigenvalue weighted by atomic mass is 9.96. The molecule has 0 aliphatic heterocycles. The molecule has 0 saturated heterocycles. The lowest BCUT2D eigenvalue weighted by Crippen LogP contribution is -1.95. The van der Waals surface area contributed by atoms with E-state index in [1.54, 1.807) is 0 Å². The van der Waals surface area contributed by atoms with E-state index in [1.807, 2.05) is 0 Å². The summed E-state index contributed by atoms with van der Waals surface area (Å²) in [6, 6.07) is 0. The van der Waals surface area contributed by atoms with Gasteiger partial charge in [-0.05, 0) is 31.6 Å². The Balaban J connectivity index is 3.20. The average molecular weight is 293 g/mol. The van der Waals surface area contributed by atoms with Crippen molar-refractivity contribution in [1.29, 1.82) is 0 Å². The highest BCUT2D eigenvalue weighted by atomic mass is 14.1. The standard InChI is InChI=1S/C21H40/c1-4-6-8-10-12-13-14-16-18-20-21(3)19-17-15-11-9-7-5-2/h12-13,21H,1-2,4-11,14-20H2,3H3. The Kier molecular flexibility index (Phi) is 17.6. The van der Waals surface area contributed by atoms with Gasteiger partial charge >= 0.3 is 0 Å². The molecule has 0 amide bonds.